The summed E-state index contributed by atoms with van der Waals surface area (Å²) in [5.74, 6) is -0.00761. The minimum atomic E-state index is -0.502. The van der Waals surface area contributed by atoms with Crippen molar-refractivity contribution in [2.45, 2.75) is 45.3 Å². The van der Waals surface area contributed by atoms with E-state index in [0.717, 1.165) is 5.69 Å². The van der Waals surface area contributed by atoms with E-state index in [9.17, 15) is 9.59 Å². The second-order valence-corrected chi connectivity index (χ2v) is 8.52. The average molecular weight is 398 g/mol. The van der Waals surface area contributed by atoms with Gasteiger partial charge in [0.25, 0.3) is 0 Å². The van der Waals surface area contributed by atoms with Crippen molar-refractivity contribution >= 4 is 17.7 Å². The van der Waals surface area contributed by atoms with E-state index in [2.05, 4.69) is 28.4 Å². The van der Waals surface area contributed by atoms with E-state index >= 15 is 0 Å². The maximum absolute atomic E-state index is 12.7. The molecule has 1 aromatic carbocycles. The number of allylic oxidation sites excluding steroid dienone is 2. The molecule has 6 nitrogen and oxygen atoms in total. The van der Waals surface area contributed by atoms with E-state index in [1.165, 1.54) is 0 Å². The maximum Gasteiger partial charge on any atom is 0.410 e. The predicted molar refractivity (Wildman–Crippen MR) is 115 cm³/mol. The van der Waals surface area contributed by atoms with Gasteiger partial charge < -0.3 is 19.9 Å². The molecular weight excluding hydrogens is 366 g/mol. The molecule has 1 saturated heterocycles. The summed E-state index contributed by atoms with van der Waals surface area (Å²) in [7, 11) is 0. The van der Waals surface area contributed by atoms with Crippen molar-refractivity contribution in [3.05, 3.63) is 54.8 Å². The van der Waals surface area contributed by atoms with E-state index in [4.69, 9.17) is 4.74 Å². The second kappa shape index (κ2) is 9.16. The van der Waals surface area contributed by atoms with Crippen LogP contribution >= 0.6 is 0 Å². The molecule has 1 N–H and O–H groups in total. The number of carbonyl (C=O) groups is 2. The van der Waals surface area contributed by atoms with E-state index in [0.29, 0.717) is 32.5 Å². The molecule has 0 spiro atoms. The van der Waals surface area contributed by atoms with Crippen molar-refractivity contribution in [1.29, 1.82) is 0 Å². The van der Waals surface area contributed by atoms with Crippen molar-refractivity contribution < 1.29 is 14.3 Å². The van der Waals surface area contributed by atoms with Crippen molar-refractivity contribution in [1.82, 2.24) is 10.2 Å². The van der Waals surface area contributed by atoms with Crippen LogP contribution in [-0.4, -0.2) is 48.2 Å². The van der Waals surface area contributed by atoms with Crippen molar-refractivity contribution in [3.8, 4) is 0 Å². The Morgan fingerprint density at radius 3 is 2.45 bits per heavy atom. The SMILES string of the molecule is CC(C)(C)OC(=O)N1CCC(C(=O)NCC2C=CC=CN2c2ccccc2)CC1. The van der Waals surface area contributed by atoms with Crippen LogP contribution in [0.15, 0.2) is 54.8 Å². The molecule has 156 valence electrons. The Bertz CT molecular complexity index is 759. The summed E-state index contributed by atoms with van der Waals surface area (Å²) in [4.78, 5) is 28.7. The Morgan fingerprint density at radius 2 is 1.79 bits per heavy atom. The monoisotopic (exact) mass is 397 g/mol. The molecule has 0 aliphatic carbocycles. The molecule has 2 aliphatic rings. The molecular formula is C23H31N3O3. The quantitative estimate of drug-likeness (QED) is 0.841. The topological polar surface area (TPSA) is 61.9 Å². The molecule has 0 bridgehead atoms. The first-order chi connectivity index (χ1) is 13.8. The van der Waals surface area contributed by atoms with Crippen LogP contribution in [0.25, 0.3) is 0 Å². The first kappa shape index (κ1) is 21.0. The van der Waals surface area contributed by atoms with Crippen LogP contribution in [0.5, 0.6) is 0 Å². The molecule has 1 atom stereocenters. The summed E-state index contributed by atoms with van der Waals surface area (Å²) in [5, 5.41) is 3.10. The lowest BCUT2D eigenvalue weighted by Gasteiger charge is -2.34. The van der Waals surface area contributed by atoms with Gasteiger partial charge in [-0.15, -0.1) is 0 Å². The lowest BCUT2D eigenvalue weighted by molar-refractivity contribution is -0.126. The minimum absolute atomic E-state index is 0.0600. The van der Waals surface area contributed by atoms with Gasteiger partial charge in [0.2, 0.25) is 5.91 Å². The van der Waals surface area contributed by atoms with Crippen molar-refractivity contribution in [2.75, 3.05) is 24.5 Å². The fraction of sp³-hybridized carbons (Fsp3) is 0.478. The lowest BCUT2D eigenvalue weighted by atomic mass is 9.96. The molecule has 6 heteroatoms. The first-order valence-corrected chi connectivity index (χ1v) is 10.3. The fourth-order valence-corrected chi connectivity index (χ4v) is 3.58. The molecule has 2 amide bonds. The number of hydrogen-bond acceptors (Lipinski definition) is 4. The summed E-state index contributed by atoms with van der Waals surface area (Å²) in [6, 6.07) is 10.2. The van der Waals surface area contributed by atoms with Gasteiger partial charge in [0, 0.05) is 37.4 Å². The Kier molecular flexibility index (Phi) is 6.62. The predicted octanol–water partition coefficient (Wildman–Crippen LogP) is 3.71. The fourth-order valence-electron chi connectivity index (χ4n) is 3.58. The van der Waals surface area contributed by atoms with Crippen LogP contribution in [0.2, 0.25) is 0 Å². The highest BCUT2D eigenvalue weighted by atomic mass is 16.6. The number of rotatable bonds is 4. The highest BCUT2D eigenvalue weighted by Gasteiger charge is 2.30. The number of anilines is 1. The number of ether oxygens (including phenoxy) is 1. The Morgan fingerprint density at radius 1 is 1.10 bits per heavy atom. The average Bonchev–Trinajstić information content (AvgIpc) is 2.72. The number of nitrogens with one attached hydrogen (secondary N) is 1. The maximum atomic E-state index is 12.7. The number of benzene rings is 1. The third kappa shape index (κ3) is 5.86. The van der Waals surface area contributed by atoms with E-state index < -0.39 is 5.60 Å². The van der Waals surface area contributed by atoms with Gasteiger partial charge >= 0.3 is 6.09 Å². The number of carbonyl (C=O) groups excluding carboxylic acids is 2. The largest absolute Gasteiger partial charge is 0.444 e. The normalized spacial score (nSPS) is 19.9. The highest BCUT2D eigenvalue weighted by Crippen LogP contribution is 2.22. The molecule has 1 fully saturated rings. The molecule has 2 heterocycles. The summed E-state index contributed by atoms with van der Waals surface area (Å²) in [6.45, 7) is 7.22. The van der Waals surface area contributed by atoms with Crippen LogP contribution in [-0.2, 0) is 9.53 Å². The van der Waals surface area contributed by atoms with Gasteiger partial charge in [-0.3, -0.25) is 4.79 Å². The van der Waals surface area contributed by atoms with E-state index in [1.54, 1.807) is 4.90 Å². The summed E-state index contributed by atoms with van der Waals surface area (Å²) >= 11 is 0. The Labute approximate surface area is 173 Å². The third-order valence-corrected chi connectivity index (χ3v) is 5.11. The molecule has 3 rings (SSSR count). The van der Waals surface area contributed by atoms with Crippen molar-refractivity contribution in [2.24, 2.45) is 5.92 Å². The van der Waals surface area contributed by atoms with E-state index in [1.807, 2.05) is 57.3 Å². The van der Waals surface area contributed by atoms with Gasteiger partial charge in [0.15, 0.2) is 0 Å². The molecule has 0 aromatic heterocycles. The Balaban J connectivity index is 1.48. The molecule has 1 unspecified atom stereocenters. The van der Waals surface area contributed by atoms with Crippen LogP contribution in [0, 0.1) is 5.92 Å². The number of hydrogen-bond donors (Lipinski definition) is 1. The standard InChI is InChI=1S/C23H31N3O3/c1-23(2,3)29-22(28)25-15-12-18(13-16-25)21(27)24-17-20-11-7-8-14-26(20)19-9-5-4-6-10-19/h4-11,14,18,20H,12-13,15-17H2,1-3H3,(H,24,27). The van der Waals surface area contributed by atoms with Gasteiger partial charge in [0.05, 0.1) is 6.04 Å². The third-order valence-electron chi connectivity index (χ3n) is 5.11. The summed E-state index contributed by atoms with van der Waals surface area (Å²) < 4.78 is 5.42. The first-order valence-electron chi connectivity index (χ1n) is 10.3. The van der Waals surface area contributed by atoms with Crippen molar-refractivity contribution in [3.63, 3.8) is 0 Å². The Hall–Kier alpha value is -2.76. The smallest absolute Gasteiger partial charge is 0.410 e. The summed E-state index contributed by atoms with van der Waals surface area (Å²) in [6.07, 6.45) is 9.16. The number of nitrogens with zero attached hydrogens (tertiary/aromatic N) is 2. The molecule has 0 radical (unpaired) electrons. The summed E-state index contributed by atoms with van der Waals surface area (Å²) in [5.41, 5.74) is 0.593. The molecule has 0 saturated carbocycles. The zero-order chi connectivity index (χ0) is 20.9. The molecule has 29 heavy (non-hydrogen) atoms. The van der Waals surface area contributed by atoms with Crippen LogP contribution in [0.3, 0.4) is 0 Å². The van der Waals surface area contributed by atoms with Crippen LogP contribution < -0.4 is 10.2 Å². The number of likely N-dealkylation sites (tertiary alicyclic amines) is 1. The number of para-hydroxylation sites is 1. The van der Waals surface area contributed by atoms with Crippen LogP contribution in [0.4, 0.5) is 10.5 Å². The molecule has 2 aliphatic heterocycles. The minimum Gasteiger partial charge on any atom is -0.444 e. The zero-order valence-electron chi connectivity index (χ0n) is 17.5. The number of piperidine rings is 1. The number of amides is 2. The van der Waals surface area contributed by atoms with Gasteiger partial charge in [0.1, 0.15) is 5.60 Å². The zero-order valence-corrected chi connectivity index (χ0v) is 17.5. The highest BCUT2D eigenvalue weighted by molar-refractivity contribution is 5.79. The second-order valence-electron chi connectivity index (χ2n) is 8.52. The van der Waals surface area contributed by atoms with Gasteiger partial charge in [-0.1, -0.05) is 30.4 Å². The van der Waals surface area contributed by atoms with Gasteiger partial charge in [-0.05, 0) is 51.8 Å². The molecule has 1 aromatic rings. The lowest BCUT2D eigenvalue weighted by Crippen LogP contribution is -2.47. The van der Waals surface area contributed by atoms with Gasteiger partial charge in [-0.25, -0.2) is 4.79 Å². The van der Waals surface area contributed by atoms with E-state index in [-0.39, 0.29) is 24.0 Å². The van der Waals surface area contributed by atoms with Gasteiger partial charge in [-0.2, -0.15) is 0 Å². The van der Waals surface area contributed by atoms with Crippen LogP contribution in [0.1, 0.15) is 33.6 Å².